The molecule has 0 saturated heterocycles. The number of hydrogen-bond donors (Lipinski definition) is 0. The van der Waals surface area contributed by atoms with E-state index >= 15 is 0 Å². The van der Waals surface area contributed by atoms with Gasteiger partial charge in [0.1, 0.15) is 0 Å². The van der Waals surface area contributed by atoms with Crippen LogP contribution < -0.4 is 14.2 Å². The molecule has 2 aliphatic heterocycles. The molecule has 104 heavy (non-hydrogen) atoms. The van der Waals surface area contributed by atoms with Crippen molar-refractivity contribution in [2.24, 2.45) is 7.05 Å². The molecule has 27 heteroatoms. The minimum absolute atomic E-state index is 0. The zero-order chi connectivity index (χ0) is 69.2. The van der Waals surface area contributed by atoms with Crippen molar-refractivity contribution >= 4 is 0 Å². The summed E-state index contributed by atoms with van der Waals surface area (Å²) in [6, 6.07) is 54.2. The number of aromatic nitrogens is 18. The summed E-state index contributed by atoms with van der Waals surface area (Å²) >= 11 is 0. The summed E-state index contributed by atoms with van der Waals surface area (Å²) in [7, 11) is 1.87. The molecule has 0 spiro atoms. The number of hydrogen-bond acceptors (Lipinski definition) is 18. The Morgan fingerprint density at radius 1 is 0.365 bits per heavy atom. The second-order valence-electron chi connectivity index (χ2n) is 24.7. The number of benzene rings is 6. The van der Waals surface area contributed by atoms with Gasteiger partial charge in [0.05, 0.1) is 52.7 Å². The van der Waals surface area contributed by atoms with Crippen LogP contribution in [-0.4, -0.2) is 130 Å². The van der Waals surface area contributed by atoms with Gasteiger partial charge >= 0.3 is 63.2 Å². The molecule has 6 aromatic carbocycles. The standard InChI is InChI=1S/C28H32N6O.C25H28N6O.C24H24N6O4.3Pt/c1-2-4-6-8-10-18-34-22-28(30-32-34)24-14-12-16-26(20-24)35-25-15-11-13-23(19-25)27-21-33(31-29-27)17-9-7-5-3-1;1-5-6-7-8-15-31-19(3)25(27-29-31)21-12-10-14-23(17-21)32-22-13-9-11-20(16-22)24-18(2)30(4)28-26-24;1-3-19-15-21(5-1)34-22-6-2-4-20(16-22)24-18-30(28-26-24)8-10-32-12-14-33-13-11-31-9-7-29-17-23(19)25-27-29;;;/h11-16,21-22H,1-10,17-18H2;9-14H,5-8,15H2,1-4H3;1-6,17-18H,7-14H2;;;/q3*-2;3*+2. The van der Waals surface area contributed by atoms with Gasteiger partial charge in [0, 0.05) is 132 Å². The van der Waals surface area contributed by atoms with Gasteiger partial charge in [0.15, 0.2) is 0 Å². The van der Waals surface area contributed by atoms with Crippen molar-refractivity contribution in [3.63, 3.8) is 0 Å². The molecule has 16 bridgehead atoms. The first kappa shape index (κ1) is 79.6. The smallest absolute Gasteiger partial charge is 0.497 e. The van der Waals surface area contributed by atoms with Crippen LogP contribution in [0.25, 0.3) is 67.5 Å². The van der Waals surface area contributed by atoms with E-state index in [1.807, 2.05) is 162 Å². The Labute approximate surface area is 650 Å². The van der Waals surface area contributed by atoms with Crippen molar-refractivity contribution in [3.8, 4) is 102 Å². The summed E-state index contributed by atoms with van der Waals surface area (Å²) in [5.74, 6) is 3.53. The number of rotatable bonds is 9. The molecule has 6 aromatic heterocycles. The molecule has 0 radical (unpaired) electrons. The Bertz CT molecular complexity index is 4340. The van der Waals surface area contributed by atoms with Crippen molar-refractivity contribution in [2.75, 3.05) is 39.6 Å². The van der Waals surface area contributed by atoms with Gasteiger partial charge in [-0.05, 0) is 33.1 Å². The van der Waals surface area contributed by atoms with Gasteiger partial charge in [-0.15, -0.1) is 143 Å². The van der Waals surface area contributed by atoms with Crippen molar-refractivity contribution < 1.29 is 91.6 Å². The summed E-state index contributed by atoms with van der Waals surface area (Å²) in [5, 5.41) is 51.2. The molecule has 2 aliphatic rings. The van der Waals surface area contributed by atoms with Crippen molar-refractivity contribution in [2.45, 2.75) is 143 Å². The average Bonchev–Trinajstić information content (AvgIpc) is 1.62. The molecule has 0 fully saturated rings. The zero-order valence-electron chi connectivity index (χ0n) is 58.8. The van der Waals surface area contributed by atoms with E-state index in [-0.39, 0.29) is 63.2 Å². The van der Waals surface area contributed by atoms with Gasteiger partial charge in [-0.2, -0.15) is 30.6 Å². The summed E-state index contributed by atoms with van der Waals surface area (Å²) in [6.45, 7) is 13.2. The summed E-state index contributed by atoms with van der Waals surface area (Å²) in [4.78, 5) is 0. The minimum atomic E-state index is 0. The molecule has 0 amide bonds. The van der Waals surface area contributed by atoms with E-state index < -0.39 is 0 Å². The summed E-state index contributed by atoms with van der Waals surface area (Å²) in [5.41, 5.74) is 11.6. The predicted molar refractivity (Wildman–Crippen MR) is 379 cm³/mol. The number of nitrogens with zero attached hydrogens (tertiary/aromatic N) is 18. The fraction of sp³-hybridized carbons (Fsp3) is 0.377. The largest absolute Gasteiger partial charge is 2.00 e. The van der Waals surface area contributed by atoms with E-state index in [4.69, 9.17) is 28.4 Å². The second kappa shape index (κ2) is 41.9. The van der Waals surface area contributed by atoms with Crippen LogP contribution in [-0.2, 0) is 117 Å². The van der Waals surface area contributed by atoms with E-state index in [1.54, 1.807) is 14.0 Å². The normalized spacial score (nSPS) is 14.0. The molecular formula is C77H84N18O6Pt3. The van der Waals surface area contributed by atoms with Crippen molar-refractivity contribution in [3.05, 3.63) is 182 Å². The third-order valence-corrected chi connectivity index (χ3v) is 17.0. The molecule has 14 rings (SSSR count). The average molecular weight is 1940 g/mol. The van der Waals surface area contributed by atoms with E-state index in [1.165, 1.54) is 70.6 Å². The van der Waals surface area contributed by atoms with Crippen molar-refractivity contribution in [1.82, 2.24) is 90.0 Å². The van der Waals surface area contributed by atoms with Gasteiger partial charge in [0.25, 0.3) is 0 Å². The van der Waals surface area contributed by atoms with Crippen LogP contribution in [0.4, 0.5) is 0 Å². The van der Waals surface area contributed by atoms with E-state index in [9.17, 15) is 0 Å². The van der Waals surface area contributed by atoms with Gasteiger partial charge in [-0.3, -0.25) is 28.1 Å². The van der Waals surface area contributed by atoms with Crippen LogP contribution in [0.5, 0.6) is 34.5 Å². The van der Waals surface area contributed by atoms with Crippen molar-refractivity contribution in [1.29, 1.82) is 0 Å². The number of unbranched alkanes of at least 4 members (excludes halogenated alkanes) is 3. The van der Waals surface area contributed by atoms with Gasteiger partial charge < -0.3 is 28.4 Å². The van der Waals surface area contributed by atoms with Crippen LogP contribution in [0.2, 0.25) is 0 Å². The van der Waals surface area contributed by atoms with Crippen LogP contribution in [0.1, 0.15) is 108 Å². The summed E-state index contributed by atoms with van der Waals surface area (Å²) in [6.07, 6.45) is 25.2. The second-order valence-corrected chi connectivity index (χ2v) is 24.7. The SMILES string of the molecule is CCCCCCn1nnc(-c2[c-]c(Oc3[c-]c(-c4nnn(C)c4C)ccc3)ccc2)c1C.[Pt+2].[Pt+2].[Pt+2].[c-]1c2cccc1-c1cn(nn1)CCCCCCCCCCCCn1cc(nn1)-c1[c-]c(ccc1)O2.[c-]1c2cccc1-c1cn(nn1)CCOCCOCCOCCn1cc(nn1)-c1[c-]c(ccc1)O2. The Morgan fingerprint density at radius 3 is 1.12 bits per heavy atom. The molecule has 0 aliphatic carbocycles. The number of ether oxygens (including phenoxy) is 6. The molecule has 0 atom stereocenters. The molecule has 548 valence electrons. The third-order valence-electron chi connectivity index (χ3n) is 17.0. The molecule has 0 unspecified atom stereocenters. The predicted octanol–water partition coefficient (Wildman–Crippen LogP) is 14.5. The van der Waals surface area contributed by atoms with Crippen LogP contribution in [0, 0.1) is 50.2 Å². The molecule has 0 N–H and O–H groups in total. The molecular weight excluding hydrogens is 1860 g/mol. The van der Waals surface area contributed by atoms with E-state index in [2.05, 4.69) is 112 Å². The molecule has 12 aromatic rings. The maximum atomic E-state index is 6.08. The summed E-state index contributed by atoms with van der Waals surface area (Å²) < 4.78 is 46.0. The zero-order valence-corrected chi connectivity index (χ0v) is 65.6. The fourth-order valence-corrected chi connectivity index (χ4v) is 11.4. The fourth-order valence-electron chi connectivity index (χ4n) is 11.4. The molecule has 8 heterocycles. The van der Waals surface area contributed by atoms with E-state index in [0.29, 0.717) is 98.6 Å². The Kier molecular flexibility index (Phi) is 32.0. The van der Waals surface area contributed by atoms with Gasteiger partial charge in [0.2, 0.25) is 0 Å². The topological polar surface area (TPSA) is 240 Å². The molecule has 24 nitrogen and oxygen atoms in total. The monoisotopic (exact) mass is 1940 g/mol. The Morgan fingerprint density at radius 2 is 0.721 bits per heavy atom. The third kappa shape index (κ3) is 23.5. The Hall–Kier alpha value is -8.50. The first-order chi connectivity index (χ1) is 49.7. The first-order valence-corrected chi connectivity index (χ1v) is 35.0. The Balaban J connectivity index is 0.000000179. The minimum Gasteiger partial charge on any atom is -0.497 e. The van der Waals surface area contributed by atoms with E-state index in [0.717, 1.165) is 106 Å². The number of fused-ring (bicyclic) bond motifs is 20. The maximum absolute atomic E-state index is 6.08. The van der Waals surface area contributed by atoms with Crippen LogP contribution in [0.15, 0.2) is 134 Å². The van der Waals surface area contributed by atoms with Crippen LogP contribution in [0.3, 0.4) is 0 Å². The van der Waals surface area contributed by atoms with Gasteiger partial charge in [-0.25, -0.2) is 0 Å². The number of aryl methyl sites for hydroxylation is 4. The molecule has 0 saturated carbocycles. The van der Waals surface area contributed by atoms with Crippen LogP contribution >= 0.6 is 0 Å². The first-order valence-electron chi connectivity index (χ1n) is 35.0. The quantitative estimate of drug-likeness (QED) is 0.0963. The van der Waals surface area contributed by atoms with Gasteiger partial charge in [-0.1, -0.05) is 145 Å². The maximum Gasteiger partial charge on any atom is 2.00 e.